The van der Waals surface area contributed by atoms with Crippen LogP contribution in [0, 0.1) is 11.6 Å². The molecule has 120 valence electrons. The fraction of sp³-hybridized carbons (Fsp3) is 0.125. The van der Waals surface area contributed by atoms with Gasteiger partial charge in [-0.1, -0.05) is 23.7 Å². The average molecular weight is 340 g/mol. The molecule has 0 aliphatic heterocycles. The van der Waals surface area contributed by atoms with Gasteiger partial charge in [-0.25, -0.2) is 13.6 Å². The van der Waals surface area contributed by atoms with E-state index in [1.165, 1.54) is 0 Å². The lowest BCUT2D eigenvalue weighted by Gasteiger charge is -2.15. The molecule has 0 saturated carbocycles. The van der Waals surface area contributed by atoms with Crippen molar-refractivity contribution in [2.24, 2.45) is 0 Å². The summed E-state index contributed by atoms with van der Waals surface area (Å²) in [7, 11) is 0. The van der Waals surface area contributed by atoms with Gasteiger partial charge in [0, 0.05) is 23.1 Å². The molecule has 2 aromatic carbocycles. The molecule has 0 saturated heterocycles. The summed E-state index contributed by atoms with van der Waals surface area (Å²) in [5.41, 5.74) is 0.315. The maximum Gasteiger partial charge on any atom is 0.326 e. The first kappa shape index (κ1) is 16.9. The second kappa shape index (κ2) is 7.19. The summed E-state index contributed by atoms with van der Waals surface area (Å²) in [5.74, 6) is -3.98. The number of nitrogens with one attached hydrogen (secondary N) is 1. The highest BCUT2D eigenvalue weighted by molar-refractivity contribution is 6.30. The van der Waals surface area contributed by atoms with Crippen LogP contribution in [-0.4, -0.2) is 23.0 Å². The highest BCUT2D eigenvalue weighted by Crippen LogP contribution is 2.13. The third-order valence-electron chi connectivity index (χ3n) is 3.06. The van der Waals surface area contributed by atoms with Crippen LogP contribution in [0.4, 0.5) is 8.78 Å². The number of carboxylic acid groups (broad SMARTS) is 1. The van der Waals surface area contributed by atoms with E-state index in [0.29, 0.717) is 16.7 Å². The summed E-state index contributed by atoms with van der Waals surface area (Å²) >= 11 is 5.83. The number of rotatable bonds is 5. The molecule has 1 atom stereocenters. The van der Waals surface area contributed by atoms with Crippen LogP contribution < -0.4 is 5.32 Å². The molecule has 0 bridgehead atoms. The molecule has 2 rings (SSSR count). The molecule has 0 spiro atoms. The van der Waals surface area contributed by atoms with E-state index in [1.54, 1.807) is 24.3 Å². The van der Waals surface area contributed by atoms with Crippen LogP contribution in [0.5, 0.6) is 0 Å². The summed E-state index contributed by atoms with van der Waals surface area (Å²) < 4.78 is 26.2. The second-order valence-corrected chi connectivity index (χ2v) is 5.29. The highest BCUT2D eigenvalue weighted by atomic mass is 35.5. The van der Waals surface area contributed by atoms with Gasteiger partial charge < -0.3 is 10.4 Å². The fourth-order valence-electron chi connectivity index (χ4n) is 2.03. The van der Waals surface area contributed by atoms with E-state index in [2.05, 4.69) is 5.32 Å². The zero-order chi connectivity index (χ0) is 17.0. The Balaban J connectivity index is 2.15. The van der Waals surface area contributed by atoms with Crippen molar-refractivity contribution in [1.29, 1.82) is 0 Å². The molecule has 2 aromatic rings. The number of carboxylic acids is 1. The van der Waals surface area contributed by atoms with Crippen LogP contribution in [0.15, 0.2) is 42.5 Å². The van der Waals surface area contributed by atoms with Gasteiger partial charge in [-0.05, 0) is 29.8 Å². The first-order valence-corrected chi connectivity index (χ1v) is 6.97. The van der Waals surface area contributed by atoms with Crippen molar-refractivity contribution < 1.29 is 23.5 Å². The minimum Gasteiger partial charge on any atom is -0.480 e. The van der Waals surface area contributed by atoms with Crippen LogP contribution in [-0.2, 0) is 11.2 Å². The number of carbonyl (C=O) groups excluding carboxylic acids is 1. The van der Waals surface area contributed by atoms with Crippen LogP contribution in [0.1, 0.15) is 15.9 Å². The first-order valence-electron chi connectivity index (χ1n) is 6.59. The van der Waals surface area contributed by atoms with Crippen molar-refractivity contribution in [3.05, 3.63) is 70.2 Å². The monoisotopic (exact) mass is 339 g/mol. The Kier molecular flexibility index (Phi) is 5.28. The number of benzene rings is 2. The van der Waals surface area contributed by atoms with Gasteiger partial charge in [0.1, 0.15) is 17.7 Å². The standard InChI is InChI=1S/C16H12ClF2NO3/c17-11-3-1-2-9(4-11)5-14(16(22)23)20-15(21)10-6-12(18)8-13(19)7-10/h1-4,6-8,14H,5H2,(H,20,21)(H,22,23)/t14-/m0/s1. The summed E-state index contributed by atoms with van der Waals surface area (Å²) in [4.78, 5) is 23.3. The normalized spacial score (nSPS) is 11.8. The Bertz CT molecular complexity index is 732. The predicted molar refractivity (Wildman–Crippen MR) is 80.4 cm³/mol. The largest absolute Gasteiger partial charge is 0.480 e. The van der Waals surface area contributed by atoms with Gasteiger partial charge in [0.05, 0.1) is 0 Å². The summed E-state index contributed by atoms with van der Waals surface area (Å²) in [6.45, 7) is 0. The van der Waals surface area contributed by atoms with Gasteiger partial charge in [-0.3, -0.25) is 4.79 Å². The van der Waals surface area contributed by atoms with Crippen molar-refractivity contribution in [2.45, 2.75) is 12.5 Å². The number of halogens is 3. The maximum atomic E-state index is 13.1. The van der Waals surface area contributed by atoms with Gasteiger partial charge in [0.25, 0.3) is 5.91 Å². The Morgan fingerprint density at radius 1 is 1.13 bits per heavy atom. The van der Waals surface area contributed by atoms with Crippen LogP contribution in [0.3, 0.4) is 0 Å². The van der Waals surface area contributed by atoms with E-state index >= 15 is 0 Å². The Morgan fingerprint density at radius 3 is 2.35 bits per heavy atom. The molecule has 7 heteroatoms. The smallest absolute Gasteiger partial charge is 0.326 e. The zero-order valence-corrected chi connectivity index (χ0v) is 12.5. The lowest BCUT2D eigenvalue weighted by atomic mass is 10.1. The lowest BCUT2D eigenvalue weighted by molar-refractivity contribution is -0.139. The van der Waals surface area contributed by atoms with Crippen molar-refractivity contribution in [3.8, 4) is 0 Å². The Labute approximate surface area is 135 Å². The molecule has 0 aliphatic rings. The van der Waals surface area contributed by atoms with Gasteiger partial charge in [-0.2, -0.15) is 0 Å². The summed E-state index contributed by atoms with van der Waals surface area (Å²) in [6, 6.07) is 7.55. The molecule has 0 fully saturated rings. The lowest BCUT2D eigenvalue weighted by Crippen LogP contribution is -2.42. The quantitative estimate of drug-likeness (QED) is 0.880. The maximum absolute atomic E-state index is 13.1. The number of aliphatic carboxylic acids is 1. The number of amides is 1. The van der Waals surface area contributed by atoms with Crippen molar-refractivity contribution in [1.82, 2.24) is 5.32 Å². The molecule has 0 aromatic heterocycles. The van der Waals surface area contributed by atoms with Gasteiger partial charge in [-0.15, -0.1) is 0 Å². The number of carbonyl (C=O) groups is 2. The van der Waals surface area contributed by atoms with E-state index in [9.17, 15) is 23.5 Å². The molecule has 0 aliphatic carbocycles. The zero-order valence-electron chi connectivity index (χ0n) is 11.7. The third kappa shape index (κ3) is 4.75. The molecule has 0 heterocycles. The van der Waals surface area contributed by atoms with E-state index in [1.807, 2.05) is 0 Å². The van der Waals surface area contributed by atoms with Crippen LogP contribution in [0.25, 0.3) is 0 Å². The minimum absolute atomic E-state index is 0.0145. The molecule has 23 heavy (non-hydrogen) atoms. The predicted octanol–water partition coefficient (Wildman–Crippen LogP) is 3.04. The molecule has 0 unspecified atom stereocenters. The highest BCUT2D eigenvalue weighted by Gasteiger charge is 2.22. The molecule has 1 amide bonds. The van der Waals surface area contributed by atoms with Crippen molar-refractivity contribution >= 4 is 23.5 Å². The van der Waals surface area contributed by atoms with E-state index < -0.39 is 29.6 Å². The molecule has 0 radical (unpaired) electrons. The SMILES string of the molecule is O=C(N[C@@H](Cc1cccc(Cl)c1)C(=O)O)c1cc(F)cc(F)c1. The van der Waals surface area contributed by atoms with Gasteiger partial charge in [0.15, 0.2) is 0 Å². The molecule has 2 N–H and O–H groups in total. The molecule has 4 nitrogen and oxygen atoms in total. The van der Waals surface area contributed by atoms with E-state index in [-0.39, 0.29) is 12.0 Å². The van der Waals surface area contributed by atoms with Gasteiger partial charge >= 0.3 is 5.97 Å². The average Bonchev–Trinajstić information content (AvgIpc) is 2.45. The minimum atomic E-state index is -1.27. The number of hydrogen-bond acceptors (Lipinski definition) is 2. The third-order valence-corrected chi connectivity index (χ3v) is 3.29. The van der Waals surface area contributed by atoms with E-state index in [4.69, 9.17) is 11.6 Å². The summed E-state index contributed by atoms with van der Waals surface area (Å²) in [5, 5.41) is 11.9. The topological polar surface area (TPSA) is 66.4 Å². The van der Waals surface area contributed by atoms with Crippen LogP contribution >= 0.6 is 11.6 Å². The first-order chi connectivity index (χ1) is 10.8. The second-order valence-electron chi connectivity index (χ2n) is 4.86. The Hall–Kier alpha value is -2.47. The summed E-state index contributed by atoms with van der Waals surface area (Å²) in [6.07, 6.45) is -0.0145. The van der Waals surface area contributed by atoms with Crippen molar-refractivity contribution in [3.63, 3.8) is 0 Å². The molecular formula is C16H12ClF2NO3. The fourth-order valence-corrected chi connectivity index (χ4v) is 2.24. The van der Waals surface area contributed by atoms with Crippen LogP contribution in [0.2, 0.25) is 5.02 Å². The Morgan fingerprint density at radius 2 is 1.78 bits per heavy atom. The van der Waals surface area contributed by atoms with Gasteiger partial charge in [0.2, 0.25) is 0 Å². The molecular weight excluding hydrogens is 328 g/mol. The van der Waals surface area contributed by atoms with E-state index in [0.717, 1.165) is 12.1 Å². The van der Waals surface area contributed by atoms with Crippen molar-refractivity contribution in [2.75, 3.05) is 0 Å². The number of hydrogen-bond donors (Lipinski definition) is 2.